The molecule has 4 rings (SSSR count). The molecule has 162 valence electrons. The van der Waals surface area contributed by atoms with E-state index in [4.69, 9.17) is 4.74 Å². The number of carbonyl (C=O) groups is 3. The Bertz CT molecular complexity index is 881. The maximum atomic E-state index is 12.7. The first-order valence-electron chi connectivity index (χ1n) is 10.6. The fraction of sp³-hybridized carbons (Fsp3) is 0.667. The van der Waals surface area contributed by atoms with E-state index in [1.165, 1.54) is 6.33 Å². The predicted octanol–water partition coefficient (Wildman–Crippen LogP) is 1.79. The van der Waals surface area contributed by atoms with Gasteiger partial charge < -0.3 is 14.5 Å². The van der Waals surface area contributed by atoms with Crippen LogP contribution in [0, 0.1) is 5.41 Å². The molecule has 0 aromatic carbocycles. The van der Waals surface area contributed by atoms with E-state index in [1.54, 1.807) is 4.90 Å². The molecule has 2 fully saturated rings. The van der Waals surface area contributed by atoms with Crippen molar-refractivity contribution in [2.45, 2.75) is 65.0 Å². The lowest BCUT2D eigenvalue weighted by molar-refractivity contribution is -0.134. The van der Waals surface area contributed by atoms with Gasteiger partial charge in [0.1, 0.15) is 17.7 Å². The largest absolute Gasteiger partial charge is 0.444 e. The summed E-state index contributed by atoms with van der Waals surface area (Å²) < 4.78 is 5.49. The first-order chi connectivity index (χ1) is 14.2. The third-order valence-electron chi connectivity index (χ3n) is 6.08. The fourth-order valence-electron chi connectivity index (χ4n) is 4.56. The Morgan fingerprint density at radius 3 is 2.73 bits per heavy atom. The molecule has 9 heteroatoms. The number of anilines is 1. The topological polar surface area (TPSA) is 105 Å². The van der Waals surface area contributed by atoms with E-state index < -0.39 is 11.0 Å². The van der Waals surface area contributed by atoms with E-state index in [1.807, 2.05) is 20.8 Å². The molecule has 4 heterocycles. The third kappa shape index (κ3) is 3.97. The van der Waals surface area contributed by atoms with Crippen molar-refractivity contribution in [1.82, 2.24) is 20.2 Å². The average molecular weight is 415 g/mol. The second-order valence-electron chi connectivity index (χ2n) is 9.46. The maximum Gasteiger partial charge on any atom is 0.410 e. The van der Waals surface area contributed by atoms with Crippen LogP contribution in [0.15, 0.2) is 6.33 Å². The minimum Gasteiger partial charge on any atom is -0.444 e. The highest BCUT2D eigenvalue weighted by atomic mass is 16.6. The summed E-state index contributed by atoms with van der Waals surface area (Å²) >= 11 is 0. The molecule has 1 unspecified atom stereocenters. The molecule has 2 saturated heterocycles. The van der Waals surface area contributed by atoms with Crippen molar-refractivity contribution in [1.29, 1.82) is 0 Å². The van der Waals surface area contributed by atoms with Gasteiger partial charge in [-0.3, -0.25) is 14.9 Å². The van der Waals surface area contributed by atoms with Gasteiger partial charge >= 0.3 is 6.09 Å². The second kappa shape index (κ2) is 7.52. The van der Waals surface area contributed by atoms with Gasteiger partial charge in [-0.05, 0) is 46.5 Å². The van der Waals surface area contributed by atoms with E-state index in [0.29, 0.717) is 51.9 Å². The fourth-order valence-corrected chi connectivity index (χ4v) is 4.56. The normalized spacial score (nSPS) is 24.5. The van der Waals surface area contributed by atoms with Crippen LogP contribution >= 0.6 is 0 Å². The molecular weight excluding hydrogens is 386 g/mol. The van der Waals surface area contributed by atoms with Crippen molar-refractivity contribution >= 4 is 23.7 Å². The lowest BCUT2D eigenvalue weighted by atomic mass is 9.82. The number of nitrogens with zero attached hydrogens (tertiary/aromatic N) is 4. The monoisotopic (exact) mass is 415 g/mol. The van der Waals surface area contributed by atoms with Gasteiger partial charge in [-0.2, -0.15) is 0 Å². The highest BCUT2D eigenvalue weighted by Crippen LogP contribution is 2.40. The van der Waals surface area contributed by atoms with Gasteiger partial charge in [0.05, 0.1) is 17.7 Å². The molecule has 1 aromatic heterocycles. The first kappa shape index (κ1) is 20.6. The molecule has 9 nitrogen and oxygen atoms in total. The molecule has 0 saturated carbocycles. The summed E-state index contributed by atoms with van der Waals surface area (Å²) in [5, 5.41) is 2.55. The zero-order chi connectivity index (χ0) is 21.5. The molecule has 1 atom stereocenters. The summed E-state index contributed by atoms with van der Waals surface area (Å²) in [5.41, 5.74) is 0.762. The SMILES string of the molecule is CC(C)(C)OC(=O)N1CCc2c(ncnc2N2CCC3(CCCC(=O)NC3=O)C2)C1. The van der Waals surface area contributed by atoms with E-state index in [0.717, 1.165) is 23.5 Å². The Morgan fingerprint density at radius 2 is 1.97 bits per heavy atom. The Balaban J connectivity index is 1.51. The van der Waals surface area contributed by atoms with Gasteiger partial charge in [0, 0.05) is 31.6 Å². The Kier molecular flexibility index (Phi) is 5.15. The van der Waals surface area contributed by atoms with Crippen LogP contribution < -0.4 is 10.2 Å². The number of hydrogen-bond acceptors (Lipinski definition) is 7. The van der Waals surface area contributed by atoms with Gasteiger partial charge in [-0.15, -0.1) is 0 Å². The number of rotatable bonds is 1. The lowest BCUT2D eigenvalue weighted by Gasteiger charge is -2.32. The minimum absolute atomic E-state index is 0.161. The van der Waals surface area contributed by atoms with Crippen LogP contribution in [-0.2, 0) is 27.3 Å². The average Bonchev–Trinajstić information content (AvgIpc) is 3.05. The molecule has 0 aliphatic carbocycles. The van der Waals surface area contributed by atoms with Crippen LogP contribution in [0.25, 0.3) is 0 Å². The Labute approximate surface area is 176 Å². The number of imide groups is 1. The van der Waals surface area contributed by atoms with Crippen molar-refractivity contribution in [3.05, 3.63) is 17.6 Å². The van der Waals surface area contributed by atoms with E-state index in [9.17, 15) is 14.4 Å². The first-order valence-corrected chi connectivity index (χ1v) is 10.6. The lowest BCUT2D eigenvalue weighted by Crippen LogP contribution is -2.43. The number of amides is 3. The smallest absolute Gasteiger partial charge is 0.410 e. The summed E-state index contributed by atoms with van der Waals surface area (Å²) in [5.74, 6) is 0.493. The molecule has 30 heavy (non-hydrogen) atoms. The highest BCUT2D eigenvalue weighted by Gasteiger charge is 2.47. The summed E-state index contributed by atoms with van der Waals surface area (Å²) in [7, 11) is 0. The molecule has 0 radical (unpaired) electrons. The Hall–Kier alpha value is -2.71. The quantitative estimate of drug-likeness (QED) is 0.697. The maximum absolute atomic E-state index is 12.7. The number of ether oxygens (including phenoxy) is 1. The van der Waals surface area contributed by atoms with Crippen LogP contribution in [-0.4, -0.2) is 58.0 Å². The standard InChI is InChI=1S/C21H29N5O4/c1-20(2,3)30-19(29)25-9-6-14-15(11-25)22-13-23-17(14)26-10-8-21(12-26)7-4-5-16(27)24-18(21)28/h13H,4-12H2,1-3H3,(H,24,27,28). The number of nitrogens with one attached hydrogen (secondary N) is 1. The van der Waals surface area contributed by atoms with E-state index >= 15 is 0 Å². The van der Waals surface area contributed by atoms with Crippen LogP contribution in [0.2, 0.25) is 0 Å². The van der Waals surface area contributed by atoms with Gasteiger partial charge in [0.15, 0.2) is 0 Å². The molecule has 1 aromatic rings. The zero-order valence-electron chi connectivity index (χ0n) is 17.9. The summed E-state index contributed by atoms with van der Waals surface area (Å²) in [6.45, 7) is 7.73. The third-order valence-corrected chi connectivity index (χ3v) is 6.08. The summed E-state index contributed by atoms with van der Waals surface area (Å²) in [6.07, 6.45) is 4.35. The highest BCUT2D eigenvalue weighted by molar-refractivity contribution is 5.99. The molecule has 3 amide bonds. The van der Waals surface area contributed by atoms with Crippen LogP contribution in [0.3, 0.4) is 0 Å². The van der Waals surface area contributed by atoms with E-state index in [2.05, 4.69) is 20.2 Å². The number of fused-ring (bicyclic) bond motifs is 1. The van der Waals surface area contributed by atoms with Crippen molar-refractivity contribution < 1.29 is 19.1 Å². The molecule has 0 bridgehead atoms. The molecule has 3 aliphatic rings. The van der Waals surface area contributed by atoms with Crippen LogP contribution in [0.5, 0.6) is 0 Å². The predicted molar refractivity (Wildman–Crippen MR) is 109 cm³/mol. The van der Waals surface area contributed by atoms with Crippen LogP contribution in [0.4, 0.5) is 10.6 Å². The van der Waals surface area contributed by atoms with Gasteiger partial charge in [-0.25, -0.2) is 14.8 Å². The van der Waals surface area contributed by atoms with E-state index in [-0.39, 0.29) is 17.9 Å². The molecule has 1 spiro atoms. The van der Waals surface area contributed by atoms with Crippen molar-refractivity contribution in [2.75, 3.05) is 24.5 Å². The number of hydrogen-bond donors (Lipinski definition) is 1. The van der Waals surface area contributed by atoms with Crippen molar-refractivity contribution in [3.8, 4) is 0 Å². The van der Waals surface area contributed by atoms with Gasteiger partial charge in [0.2, 0.25) is 11.8 Å². The number of aromatic nitrogens is 2. The second-order valence-corrected chi connectivity index (χ2v) is 9.46. The van der Waals surface area contributed by atoms with Crippen LogP contribution in [0.1, 0.15) is 57.7 Å². The van der Waals surface area contributed by atoms with Gasteiger partial charge in [0.25, 0.3) is 0 Å². The molecular formula is C21H29N5O4. The summed E-state index contributed by atoms with van der Waals surface area (Å²) in [4.78, 5) is 49.6. The minimum atomic E-state index is -0.543. The summed E-state index contributed by atoms with van der Waals surface area (Å²) in [6, 6.07) is 0. The molecule has 1 N–H and O–H groups in total. The Morgan fingerprint density at radius 1 is 1.17 bits per heavy atom. The van der Waals surface area contributed by atoms with Crippen molar-refractivity contribution in [2.24, 2.45) is 5.41 Å². The van der Waals surface area contributed by atoms with Gasteiger partial charge in [-0.1, -0.05) is 0 Å². The number of carbonyl (C=O) groups excluding carboxylic acids is 3. The zero-order valence-corrected chi connectivity index (χ0v) is 17.9. The molecule has 3 aliphatic heterocycles. The van der Waals surface area contributed by atoms with Crippen molar-refractivity contribution in [3.63, 3.8) is 0 Å².